The third-order valence-corrected chi connectivity index (χ3v) is 3.68. The highest BCUT2D eigenvalue weighted by atomic mass is 16.6. The first-order valence-electron chi connectivity index (χ1n) is 8.41. The van der Waals surface area contributed by atoms with Gasteiger partial charge in [-0.05, 0) is 44.0 Å². The van der Waals surface area contributed by atoms with Crippen LogP contribution in [0.2, 0.25) is 0 Å². The second-order valence-electron chi connectivity index (χ2n) is 7.00. The van der Waals surface area contributed by atoms with Crippen LogP contribution in [-0.2, 0) is 20.8 Å². The summed E-state index contributed by atoms with van der Waals surface area (Å²) in [6.07, 6.45) is 1.32. The lowest BCUT2D eigenvalue weighted by Crippen LogP contribution is -2.32. The molecule has 0 aliphatic rings. The molecule has 1 aromatic heterocycles. The Balaban J connectivity index is 2.61. The van der Waals surface area contributed by atoms with Gasteiger partial charge in [-0.3, -0.25) is 9.59 Å². The number of carboxylic acid groups (broad SMARTS) is 1. The first-order chi connectivity index (χ1) is 13.0. The van der Waals surface area contributed by atoms with Gasteiger partial charge in [0.1, 0.15) is 17.7 Å². The molecule has 1 aromatic carbocycles. The first-order valence-corrected chi connectivity index (χ1v) is 8.41. The predicted molar refractivity (Wildman–Crippen MR) is 100 cm³/mol. The monoisotopic (exact) mass is 387 g/mol. The molecular weight excluding hydrogens is 366 g/mol. The summed E-state index contributed by atoms with van der Waals surface area (Å²) in [7, 11) is 1.23. The van der Waals surface area contributed by atoms with Crippen molar-refractivity contribution in [3.63, 3.8) is 0 Å². The van der Waals surface area contributed by atoms with Gasteiger partial charge in [-0.15, -0.1) is 0 Å². The van der Waals surface area contributed by atoms with E-state index in [1.165, 1.54) is 19.4 Å². The number of aromatic nitrogens is 1. The average molecular weight is 387 g/mol. The molecule has 1 N–H and O–H groups in total. The van der Waals surface area contributed by atoms with E-state index in [-0.39, 0.29) is 11.1 Å². The molecule has 148 valence electrons. The normalized spacial score (nSPS) is 11.0. The van der Waals surface area contributed by atoms with Crippen LogP contribution in [0.25, 0.3) is 11.1 Å². The molecule has 28 heavy (non-hydrogen) atoms. The Bertz CT molecular complexity index is 983. The number of hydrogen-bond donors (Lipinski definition) is 1. The van der Waals surface area contributed by atoms with Gasteiger partial charge in [0.2, 0.25) is 0 Å². The third kappa shape index (κ3) is 4.85. The quantitative estimate of drug-likeness (QED) is 0.784. The van der Waals surface area contributed by atoms with Gasteiger partial charge in [-0.2, -0.15) is 0 Å². The maximum Gasteiger partial charge on any atom is 0.341 e. The summed E-state index contributed by atoms with van der Waals surface area (Å²) in [5.41, 5.74) is -1.29. The molecule has 0 atom stereocenters. The van der Waals surface area contributed by atoms with Gasteiger partial charge < -0.3 is 19.1 Å². The smallest absolute Gasteiger partial charge is 0.341 e. The zero-order valence-corrected chi connectivity index (χ0v) is 16.0. The minimum atomic E-state index is -1.44. The molecule has 0 amide bonds. The minimum Gasteiger partial charge on any atom is -0.477 e. The van der Waals surface area contributed by atoms with Crippen molar-refractivity contribution in [2.24, 2.45) is 0 Å². The molecule has 0 saturated carbocycles. The number of carbonyl (C=O) groups excluding carboxylic acids is 2. The highest BCUT2D eigenvalue weighted by Crippen LogP contribution is 2.24. The molecule has 8 heteroatoms. The van der Waals surface area contributed by atoms with Gasteiger partial charge in [0.15, 0.2) is 0 Å². The number of hydrogen-bond acceptors (Lipinski definition) is 6. The summed E-state index contributed by atoms with van der Waals surface area (Å²) in [4.78, 5) is 48.1. The van der Waals surface area contributed by atoms with Crippen LogP contribution in [0.3, 0.4) is 0 Å². The van der Waals surface area contributed by atoms with Crippen LogP contribution in [0.5, 0.6) is 0 Å². The van der Waals surface area contributed by atoms with Gasteiger partial charge >= 0.3 is 17.9 Å². The zero-order chi connectivity index (χ0) is 21.1. The molecular formula is C20H21NO7. The number of aromatic carboxylic acids is 1. The lowest BCUT2D eigenvalue weighted by atomic mass is 10.00. The molecule has 1 heterocycles. The molecule has 0 radical (unpaired) electrons. The van der Waals surface area contributed by atoms with Crippen LogP contribution in [0.15, 0.2) is 41.3 Å². The number of methoxy groups -OCH3 is 1. The summed E-state index contributed by atoms with van der Waals surface area (Å²) < 4.78 is 10.9. The molecule has 8 nitrogen and oxygen atoms in total. The Morgan fingerprint density at radius 1 is 1.11 bits per heavy atom. The summed E-state index contributed by atoms with van der Waals surface area (Å²) in [6, 6.07) is 7.56. The van der Waals surface area contributed by atoms with Crippen LogP contribution >= 0.6 is 0 Å². The fourth-order valence-electron chi connectivity index (χ4n) is 2.59. The number of benzene rings is 1. The van der Waals surface area contributed by atoms with E-state index in [1.807, 2.05) is 0 Å². The molecule has 2 aromatic rings. The number of rotatable bonds is 5. The van der Waals surface area contributed by atoms with Gasteiger partial charge in [0.25, 0.3) is 5.56 Å². The fourth-order valence-corrected chi connectivity index (χ4v) is 2.59. The van der Waals surface area contributed by atoms with E-state index in [2.05, 4.69) is 0 Å². The number of carbonyl (C=O) groups is 3. The summed E-state index contributed by atoms with van der Waals surface area (Å²) in [5, 5.41) is 9.39. The van der Waals surface area contributed by atoms with E-state index in [1.54, 1.807) is 39.0 Å². The second-order valence-corrected chi connectivity index (χ2v) is 7.00. The molecule has 0 bridgehead atoms. The predicted octanol–water partition coefficient (Wildman–Crippen LogP) is 2.34. The third-order valence-electron chi connectivity index (χ3n) is 3.68. The molecule has 0 fully saturated rings. The average Bonchev–Trinajstić information content (AvgIpc) is 2.60. The van der Waals surface area contributed by atoms with Gasteiger partial charge in [-0.25, -0.2) is 9.59 Å². The topological polar surface area (TPSA) is 112 Å². The van der Waals surface area contributed by atoms with Crippen LogP contribution in [-0.4, -0.2) is 40.3 Å². The van der Waals surface area contributed by atoms with Crippen molar-refractivity contribution in [3.8, 4) is 11.1 Å². The van der Waals surface area contributed by atoms with Gasteiger partial charge in [0, 0.05) is 6.20 Å². The largest absolute Gasteiger partial charge is 0.477 e. The van der Waals surface area contributed by atoms with E-state index in [9.17, 15) is 24.3 Å². The van der Waals surface area contributed by atoms with Crippen molar-refractivity contribution in [1.29, 1.82) is 0 Å². The highest BCUT2D eigenvalue weighted by molar-refractivity contribution is 5.98. The van der Waals surface area contributed by atoms with Gasteiger partial charge in [-0.1, -0.05) is 18.2 Å². The van der Waals surface area contributed by atoms with E-state index < -0.39 is 41.2 Å². The van der Waals surface area contributed by atoms with Crippen molar-refractivity contribution in [1.82, 2.24) is 4.57 Å². The number of carboxylic acids is 1. The van der Waals surface area contributed by atoms with Crippen molar-refractivity contribution in [2.45, 2.75) is 32.9 Å². The lowest BCUT2D eigenvalue weighted by Gasteiger charge is -2.20. The van der Waals surface area contributed by atoms with Crippen LogP contribution in [0, 0.1) is 0 Å². The second kappa shape index (κ2) is 8.08. The fraction of sp³-hybridized carbons (Fsp3) is 0.300. The maximum atomic E-state index is 12.5. The summed E-state index contributed by atoms with van der Waals surface area (Å²) in [5.74, 6) is -2.75. The molecule has 0 aliphatic heterocycles. The Morgan fingerprint density at radius 2 is 1.75 bits per heavy atom. The van der Waals surface area contributed by atoms with E-state index in [4.69, 9.17) is 9.47 Å². The Labute approximate surface area is 161 Å². The number of pyridine rings is 1. The first kappa shape index (κ1) is 20.9. The van der Waals surface area contributed by atoms with Crippen LogP contribution < -0.4 is 5.56 Å². The molecule has 0 spiro atoms. The Kier molecular flexibility index (Phi) is 6.03. The number of nitrogens with zero attached hydrogens (tertiary/aromatic N) is 1. The highest BCUT2D eigenvalue weighted by Gasteiger charge is 2.21. The van der Waals surface area contributed by atoms with Crippen molar-refractivity contribution in [2.75, 3.05) is 7.11 Å². The standard InChI is InChI=1S/C20H21NO7/c1-20(2,3)28-16(22)11-21-10-12(9-15(17(21)23)18(24)25)13-7-5-6-8-14(13)19(26)27-4/h5-10H,11H2,1-4H3,(H,24,25). The molecule has 2 rings (SSSR count). The van der Waals surface area contributed by atoms with Crippen LogP contribution in [0.4, 0.5) is 0 Å². The van der Waals surface area contributed by atoms with Gasteiger partial charge in [0.05, 0.1) is 12.7 Å². The maximum absolute atomic E-state index is 12.5. The van der Waals surface area contributed by atoms with Crippen molar-refractivity contribution in [3.05, 3.63) is 58.0 Å². The lowest BCUT2D eigenvalue weighted by molar-refractivity contribution is -0.155. The van der Waals surface area contributed by atoms with E-state index in [0.717, 1.165) is 10.6 Å². The minimum absolute atomic E-state index is 0.198. The molecule has 0 aliphatic carbocycles. The van der Waals surface area contributed by atoms with Crippen molar-refractivity contribution >= 4 is 17.9 Å². The van der Waals surface area contributed by atoms with E-state index in [0.29, 0.717) is 5.56 Å². The molecule has 0 saturated heterocycles. The summed E-state index contributed by atoms with van der Waals surface area (Å²) in [6.45, 7) is 4.57. The SMILES string of the molecule is COC(=O)c1ccccc1-c1cc(C(=O)O)c(=O)n(CC(=O)OC(C)(C)C)c1. The van der Waals surface area contributed by atoms with Crippen molar-refractivity contribution < 1.29 is 29.0 Å². The molecule has 0 unspecified atom stereocenters. The summed E-state index contributed by atoms with van der Waals surface area (Å²) >= 11 is 0. The Hall–Kier alpha value is -3.42. The van der Waals surface area contributed by atoms with Crippen LogP contribution in [0.1, 0.15) is 41.5 Å². The zero-order valence-electron chi connectivity index (χ0n) is 16.0. The van der Waals surface area contributed by atoms with E-state index >= 15 is 0 Å². The Morgan fingerprint density at radius 3 is 2.32 bits per heavy atom. The number of ether oxygens (including phenoxy) is 2. The number of esters is 2.